The molecule has 2 unspecified atom stereocenters. The van der Waals surface area contributed by atoms with Crippen LogP contribution in [-0.2, 0) is 32.7 Å². The maximum atomic E-state index is 12.0. The van der Waals surface area contributed by atoms with Crippen molar-refractivity contribution in [1.29, 1.82) is 0 Å². The molecule has 28 heavy (non-hydrogen) atoms. The summed E-state index contributed by atoms with van der Waals surface area (Å²) in [7, 11) is -4.32. The first kappa shape index (κ1) is 27.0. The average molecular weight is 425 g/mol. The normalized spacial score (nSPS) is 14.3. The van der Waals surface area contributed by atoms with Gasteiger partial charge in [0.25, 0.3) is 0 Å². The summed E-state index contributed by atoms with van der Waals surface area (Å²) in [6.07, 6.45) is 5.94. The first-order valence-corrected chi connectivity index (χ1v) is 11.5. The molecule has 0 aromatic heterocycles. The lowest BCUT2D eigenvalue weighted by molar-refractivity contribution is -0.161. The summed E-state index contributed by atoms with van der Waals surface area (Å²) in [6.45, 7) is 3.29. The van der Waals surface area contributed by atoms with Crippen molar-refractivity contribution < 1.29 is 37.6 Å². The minimum Gasteiger partial charge on any atom is -0.462 e. The number of hydrogen-bond acceptors (Lipinski definition) is 8. The van der Waals surface area contributed by atoms with Crippen molar-refractivity contribution in [2.24, 2.45) is 5.73 Å². The predicted octanol–water partition coefficient (Wildman–Crippen LogP) is 3.08. The third-order valence-electron chi connectivity index (χ3n) is 3.74. The number of rotatable bonds is 18. The van der Waals surface area contributed by atoms with Crippen molar-refractivity contribution in [3.8, 4) is 0 Å². The van der Waals surface area contributed by atoms with Crippen LogP contribution in [0.5, 0.6) is 0 Å². The van der Waals surface area contributed by atoms with Crippen molar-refractivity contribution >= 4 is 19.8 Å². The summed E-state index contributed by atoms with van der Waals surface area (Å²) in [4.78, 5) is 33.2. The number of carbonyl (C=O) groups excluding carboxylic acids is 2. The van der Waals surface area contributed by atoms with E-state index in [1.54, 1.807) is 0 Å². The molecule has 2 atom stereocenters. The molecule has 0 aromatic carbocycles. The van der Waals surface area contributed by atoms with Crippen molar-refractivity contribution in [1.82, 2.24) is 0 Å². The zero-order chi connectivity index (χ0) is 21.3. The van der Waals surface area contributed by atoms with Gasteiger partial charge in [-0.1, -0.05) is 46.0 Å². The summed E-state index contributed by atoms with van der Waals surface area (Å²) < 4.78 is 31.5. The molecule has 10 heteroatoms. The smallest absolute Gasteiger partial charge is 0.462 e. The summed E-state index contributed by atoms with van der Waals surface area (Å²) >= 11 is 0. The second-order valence-corrected chi connectivity index (χ2v) is 7.90. The van der Waals surface area contributed by atoms with Crippen LogP contribution in [0.15, 0.2) is 0 Å². The highest BCUT2D eigenvalue weighted by molar-refractivity contribution is 7.47. The first-order chi connectivity index (χ1) is 13.3. The lowest BCUT2D eigenvalue weighted by Crippen LogP contribution is -2.29. The van der Waals surface area contributed by atoms with Crippen LogP contribution in [0.2, 0.25) is 0 Å². The van der Waals surface area contributed by atoms with Gasteiger partial charge in [0.2, 0.25) is 0 Å². The number of nitrogens with two attached hydrogens (primary N) is 1. The Balaban J connectivity index is 4.50. The fourth-order valence-electron chi connectivity index (χ4n) is 2.20. The summed E-state index contributed by atoms with van der Waals surface area (Å²) in [5.41, 5.74) is 5.22. The van der Waals surface area contributed by atoms with E-state index in [1.807, 2.05) is 6.92 Å². The molecule has 0 heterocycles. The van der Waals surface area contributed by atoms with Gasteiger partial charge in [-0.25, -0.2) is 4.57 Å². The van der Waals surface area contributed by atoms with Gasteiger partial charge in [0.1, 0.15) is 6.61 Å². The van der Waals surface area contributed by atoms with Crippen LogP contribution in [0.25, 0.3) is 0 Å². The fraction of sp³-hybridized carbons (Fsp3) is 0.889. The number of phosphoric acid groups is 1. The number of ether oxygens (including phenoxy) is 2. The number of esters is 2. The number of hydrogen-bond donors (Lipinski definition) is 2. The van der Waals surface area contributed by atoms with Gasteiger partial charge in [-0.05, 0) is 12.8 Å². The van der Waals surface area contributed by atoms with Crippen molar-refractivity contribution in [2.75, 3.05) is 26.4 Å². The van der Waals surface area contributed by atoms with Gasteiger partial charge in [0.15, 0.2) is 6.10 Å². The van der Waals surface area contributed by atoms with Gasteiger partial charge in [0, 0.05) is 19.4 Å². The Morgan fingerprint density at radius 2 is 1.57 bits per heavy atom. The highest BCUT2D eigenvalue weighted by Gasteiger charge is 2.25. The first-order valence-electron chi connectivity index (χ1n) is 10.0. The van der Waals surface area contributed by atoms with Crippen molar-refractivity contribution in [2.45, 2.75) is 77.7 Å². The van der Waals surface area contributed by atoms with E-state index in [0.717, 1.165) is 32.1 Å². The molecule has 0 aromatic rings. The molecule has 0 saturated carbocycles. The Kier molecular flexibility index (Phi) is 16.3. The van der Waals surface area contributed by atoms with Crippen LogP contribution in [0.4, 0.5) is 0 Å². The maximum Gasteiger partial charge on any atom is 0.472 e. The molecule has 3 N–H and O–H groups in total. The minimum absolute atomic E-state index is 0.0550. The Bertz CT molecular complexity index is 475. The zero-order valence-electron chi connectivity index (χ0n) is 17.1. The fourth-order valence-corrected chi connectivity index (χ4v) is 2.96. The highest BCUT2D eigenvalue weighted by atomic mass is 31.2. The quantitative estimate of drug-likeness (QED) is 0.193. The summed E-state index contributed by atoms with van der Waals surface area (Å²) in [5.74, 6) is -0.889. The van der Waals surface area contributed by atoms with Crippen LogP contribution in [0.1, 0.15) is 71.6 Å². The van der Waals surface area contributed by atoms with Gasteiger partial charge in [-0.2, -0.15) is 0 Å². The Labute approximate surface area is 167 Å². The minimum atomic E-state index is -4.32. The van der Waals surface area contributed by atoms with E-state index in [1.165, 1.54) is 0 Å². The molecule has 0 bridgehead atoms. The monoisotopic (exact) mass is 425 g/mol. The van der Waals surface area contributed by atoms with Crippen molar-refractivity contribution in [3.05, 3.63) is 0 Å². The molecule has 0 spiro atoms. The van der Waals surface area contributed by atoms with E-state index < -0.39 is 32.5 Å². The third-order valence-corrected chi connectivity index (χ3v) is 4.73. The van der Waals surface area contributed by atoms with Gasteiger partial charge in [-0.3, -0.25) is 18.6 Å². The molecule has 0 rings (SSSR count). The Morgan fingerprint density at radius 1 is 0.929 bits per heavy atom. The SMILES string of the molecule is CCCCCCCC(=O)OC(COC(=O)CCCC)COP(=O)(O)OCCN. The van der Waals surface area contributed by atoms with Crippen LogP contribution < -0.4 is 5.73 Å². The van der Waals surface area contributed by atoms with Crippen LogP contribution in [-0.4, -0.2) is 49.3 Å². The largest absolute Gasteiger partial charge is 0.472 e. The molecule has 0 radical (unpaired) electrons. The predicted molar refractivity (Wildman–Crippen MR) is 105 cm³/mol. The molecule has 166 valence electrons. The van der Waals surface area contributed by atoms with Gasteiger partial charge in [-0.15, -0.1) is 0 Å². The van der Waals surface area contributed by atoms with Crippen molar-refractivity contribution in [3.63, 3.8) is 0 Å². The molecule has 0 saturated heterocycles. The van der Waals surface area contributed by atoms with Gasteiger partial charge < -0.3 is 20.1 Å². The molecule has 0 aliphatic heterocycles. The topological polar surface area (TPSA) is 134 Å². The number of phosphoric ester groups is 1. The molecule has 9 nitrogen and oxygen atoms in total. The third kappa shape index (κ3) is 16.0. The molecular formula is C18H36NO8P. The van der Waals surface area contributed by atoms with Crippen LogP contribution in [0, 0.1) is 0 Å². The Hall–Kier alpha value is -0.990. The van der Waals surface area contributed by atoms with Crippen LogP contribution >= 0.6 is 7.82 Å². The summed E-state index contributed by atoms with van der Waals surface area (Å²) in [5, 5.41) is 0. The van der Waals surface area contributed by atoms with Crippen LogP contribution in [0.3, 0.4) is 0 Å². The number of unbranched alkanes of at least 4 members (excludes halogenated alkanes) is 5. The molecule has 0 aliphatic rings. The maximum absolute atomic E-state index is 12.0. The van der Waals surface area contributed by atoms with Gasteiger partial charge >= 0.3 is 19.8 Å². The van der Waals surface area contributed by atoms with E-state index >= 15 is 0 Å². The molecular weight excluding hydrogens is 389 g/mol. The molecule has 0 fully saturated rings. The van der Waals surface area contributed by atoms with E-state index in [9.17, 15) is 19.0 Å². The van der Waals surface area contributed by atoms with E-state index in [-0.39, 0.29) is 32.6 Å². The lowest BCUT2D eigenvalue weighted by Gasteiger charge is -2.19. The standard InChI is InChI=1S/C18H36NO8P/c1-3-5-7-8-9-11-18(21)27-16(14-24-17(20)10-6-4-2)15-26-28(22,23)25-13-12-19/h16H,3-15,19H2,1-2H3,(H,22,23). The van der Waals surface area contributed by atoms with E-state index in [4.69, 9.17) is 19.7 Å². The molecule has 0 amide bonds. The molecule has 0 aliphatic carbocycles. The number of carbonyl (C=O) groups is 2. The van der Waals surface area contributed by atoms with Gasteiger partial charge in [0.05, 0.1) is 13.2 Å². The average Bonchev–Trinajstić information content (AvgIpc) is 2.66. The lowest BCUT2D eigenvalue weighted by atomic mass is 10.1. The second-order valence-electron chi connectivity index (χ2n) is 6.45. The summed E-state index contributed by atoms with van der Waals surface area (Å²) in [6, 6.07) is 0. The highest BCUT2D eigenvalue weighted by Crippen LogP contribution is 2.43. The Morgan fingerprint density at radius 3 is 2.21 bits per heavy atom. The van der Waals surface area contributed by atoms with E-state index in [2.05, 4.69) is 11.4 Å². The second kappa shape index (κ2) is 16.9. The van der Waals surface area contributed by atoms with E-state index in [0.29, 0.717) is 12.8 Å². The zero-order valence-corrected chi connectivity index (χ0v) is 18.0.